The molecular formula is C12H20N4O3. The highest BCUT2D eigenvalue weighted by atomic mass is 16.5. The van der Waals surface area contributed by atoms with E-state index < -0.39 is 0 Å². The predicted molar refractivity (Wildman–Crippen MR) is 67.4 cm³/mol. The minimum Gasteiger partial charge on any atom is -0.362 e. The topological polar surface area (TPSA) is 80.5 Å². The summed E-state index contributed by atoms with van der Waals surface area (Å²) < 4.78 is 10.2. The highest BCUT2D eigenvalue weighted by molar-refractivity contribution is 5.77. The molecule has 1 aliphatic heterocycles. The molecule has 106 valence electrons. The summed E-state index contributed by atoms with van der Waals surface area (Å²) in [6.45, 7) is 3.52. The Bertz CT molecular complexity index is 421. The zero-order valence-electron chi connectivity index (χ0n) is 11.4. The van der Waals surface area contributed by atoms with Crippen molar-refractivity contribution in [1.82, 2.24) is 20.4 Å². The Kier molecular flexibility index (Phi) is 4.86. The van der Waals surface area contributed by atoms with E-state index in [2.05, 4.69) is 15.5 Å². The lowest BCUT2D eigenvalue weighted by molar-refractivity contribution is -0.138. The number of likely N-dealkylation sites (tertiary alicyclic amines) is 1. The fourth-order valence-electron chi connectivity index (χ4n) is 2.15. The van der Waals surface area contributed by atoms with Gasteiger partial charge in [-0.2, -0.15) is 4.98 Å². The first-order valence-electron chi connectivity index (χ1n) is 6.51. The molecule has 7 nitrogen and oxygen atoms in total. The van der Waals surface area contributed by atoms with Gasteiger partial charge in [-0.15, -0.1) is 0 Å². The predicted octanol–water partition coefficient (Wildman–Crippen LogP) is 0.105. The first-order chi connectivity index (χ1) is 9.19. The van der Waals surface area contributed by atoms with E-state index in [0.717, 1.165) is 25.9 Å². The van der Waals surface area contributed by atoms with Gasteiger partial charge in [-0.05, 0) is 26.8 Å². The molecule has 0 aliphatic carbocycles. The molecule has 0 saturated carbocycles. The summed E-state index contributed by atoms with van der Waals surface area (Å²) in [5, 5.41) is 6.86. The van der Waals surface area contributed by atoms with E-state index in [-0.39, 0.29) is 19.1 Å². The fourth-order valence-corrected chi connectivity index (χ4v) is 2.15. The molecule has 0 spiro atoms. The average molecular weight is 268 g/mol. The van der Waals surface area contributed by atoms with Crippen molar-refractivity contribution >= 4 is 5.91 Å². The molecule has 7 heteroatoms. The summed E-state index contributed by atoms with van der Waals surface area (Å²) in [6.07, 6.45) is 2.14. The molecule has 1 fully saturated rings. The number of aromatic nitrogens is 2. The van der Waals surface area contributed by atoms with Crippen LogP contribution in [0.1, 0.15) is 24.6 Å². The van der Waals surface area contributed by atoms with Gasteiger partial charge in [0, 0.05) is 19.1 Å². The zero-order valence-corrected chi connectivity index (χ0v) is 11.4. The van der Waals surface area contributed by atoms with Gasteiger partial charge in [0.2, 0.25) is 5.91 Å². The number of hydrogen-bond donors (Lipinski definition) is 1. The van der Waals surface area contributed by atoms with Gasteiger partial charge in [0.25, 0.3) is 5.89 Å². The van der Waals surface area contributed by atoms with Crippen LogP contribution in [0.15, 0.2) is 4.52 Å². The molecule has 1 amide bonds. The number of rotatable bonds is 5. The lowest BCUT2D eigenvalue weighted by Gasteiger charge is -2.32. The minimum atomic E-state index is 0.0104. The van der Waals surface area contributed by atoms with Crippen molar-refractivity contribution in [3.8, 4) is 0 Å². The number of ether oxygens (including phenoxy) is 1. The third kappa shape index (κ3) is 4.00. The first-order valence-corrected chi connectivity index (χ1v) is 6.51. The van der Waals surface area contributed by atoms with Crippen LogP contribution in [0.5, 0.6) is 0 Å². The van der Waals surface area contributed by atoms with Crippen molar-refractivity contribution in [2.45, 2.75) is 32.4 Å². The van der Waals surface area contributed by atoms with Crippen LogP contribution >= 0.6 is 0 Å². The van der Waals surface area contributed by atoms with Crippen LogP contribution in [0.3, 0.4) is 0 Å². The highest BCUT2D eigenvalue weighted by Crippen LogP contribution is 2.10. The number of hydrogen-bond acceptors (Lipinski definition) is 6. The fraction of sp³-hybridized carbons (Fsp3) is 0.750. The van der Waals surface area contributed by atoms with E-state index in [4.69, 9.17) is 9.26 Å². The molecule has 1 atom stereocenters. The van der Waals surface area contributed by atoms with E-state index in [1.54, 1.807) is 6.92 Å². The molecule has 1 N–H and O–H groups in total. The molecule has 1 aliphatic rings. The van der Waals surface area contributed by atoms with Crippen LogP contribution in [-0.2, 0) is 16.1 Å². The van der Waals surface area contributed by atoms with E-state index >= 15 is 0 Å². The van der Waals surface area contributed by atoms with Crippen molar-refractivity contribution in [3.05, 3.63) is 11.7 Å². The third-order valence-electron chi connectivity index (χ3n) is 3.20. The van der Waals surface area contributed by atoms with Crippen LogP contribution in [0.25, 0.3) is 0 Å². The maximum absolute atomic E-state index is 12.0. The van der Waals surface area contributed by atoms with Crippen molar-refractivity contribution in [1.29, 1.82) is 0 Å². The first kappa shape index (κ1) is 14.0. The van der Waals surface area contributed by atoms with Crippen LogP contribution < -0.4 is 5.32 Å². The summed E-state index contributed by atoms with van der Waals surface area (Å²) in [7, 11) is 1.92. The number of nitrogens with zero attached hydrogens (tertiary/aromatic N) is 3. The monoisotopic (exact) mass is 268 g/mol. The second kappa shape index (κ2) is 6.63. The molecule has 2 heterocycles. The molecule has 0 radical (unpaired) electrons. The molecule has 1 saturated heterocycles. The Morgan fingerprint density at radius 2 is 2.47 bits per heavy atom. The van der Waals surface area contributed by atoms with Gasteiger partial charge in [-0.25, -0.2) is 0 Å². The van der Waals surface area contributed by atoms with E-state index in [9.17, 15) is 4.79 Å². The van der Waals surface area contributed by atoms with Crippen LogP contribution in [0.4, 0.5) is 0 Å². The Morgan fingerprint density at radius 3 is 3.16 bits per heavy atom. The lowest BCUT2D eigenvalue weighted by Crippen LogP contribution is -2.48. The maximum atomic E-state index is 12.0. The number of nitrogens with one attached hydrogen (secondary N) is 1. The summed E-state index contributed by atoms with van der Waals surface area (Å²) in [6, 6.07) is 0.385. The number of carbonyl (C=O) groups is 1. The summed E-state index contributed by atoms with van der Waals surface area (Å²) >= 11 is 0. The van der Waals surface area contributed by atoms with Gasteiger partial charge < -0.3 is 19.5 Å². The molecule has 19 heavy (non-hydrogen) atoms. The Hall–Kier alpha value is -1.47. The van der Waals surface area contributed by atoms with Crippen molar-refractivity contribution in [2.24, 2.45) is 0 Å². The lowest BCUT2D eigenvalue weighted by atomic mass is 10.1. The third-order valence-corrected chi connectivity index (χ3v) is 3.20. The molecule has 1 aromatic rings. The number of carbonyl (C=O) groups excluding carboxylic acids is 1. The summed E-state index contributed by atoms with van der Waals surface area (Å²) in [4.78, 5) is 17.8. The Labute approximate surface area is 112 Å². The normalized spacial score (nSPS) is 19.7. The zero-order chi connectivity index (χ0) is 13.7. The summed E-state index contributed by atoms with van der Waals surface area (Å²) in [5.41, 5.74) is 0. The van der Waals surface area contributed by atoms with Crippen LogP contribution in [0.2, 0.25) is 0 Å². The van der Waals surface area contributed by atoms with Crippen molar-refractivity contribution in [2.75, 3.05) is 26.7 Å². The maximum Gasteiger partial charge on any atom is 0.252 e. The van der Waals surface area contributed by atoms with Gasteiger partial charge in [-0.1, -0.05) is 5.16 Å². The molecule has 0 bridgehead atoms. The Morgan fingerprint density at radius 1 is 1.63 bits per heavy atom. The SMILES string of the molecule is CNC1CCCN(C(=O)COCc2nc(C)no2)C1. The molecule has 1 unspecified atom stereocenters. The van der Waals surface area contributed by atoms with Gasteiger partial charge in [0.05, 0.1) is 0 Å². The second-order valence-corrected chi connectivity index (χ2v) is 4.70. The highest BCUT2D eigenvalue weighted by Gasteiger charge is 2.22. The van der Waals surface area contributed by atoms with E-state index in [1.165, 1.54) is 0 Å². The standard InChI is InChI=1S/C12H20N4O3/c1-9-14-11(19-15-9)7-18-8-12(17)16-5-3-4-10(6-16)13-2/h10,13H,3-8H2,1-2H3. The van der Waals surface area contributed by atoms with Gasteiger partial charge >= 0.3 is 0 Å². The van der Waals surface area contributed by atoms with E-state index in [0.29, 0.717) is 17.8 Å². The molecule has 0 aromatic carbocycles. The molecule has 1 aromatic heterocycles. The smallest absolute Gasteiger partial charge is 0.252 e. The van der Waals surface area contributed by atoms with Gasteiger partial charge in [-0.3, -0.25) is 4.79 Å². The van der Waals surface area contributed by atoms with Crippen LogP contribution in [-0.4, -0.2) is 53.7 Å². The molecule has 2 rings (SSSR count). The molecular weight excluding hydrogens is 248 g/mol. The minimum absolute atomic E-state index is 0.0104. The average Bonchev–Trinajstić information content (AvgIpc) is 2.84. The Balaban J connectivity index is 1.72. The van der Waals surface area contributed by atoms with Crippen molar-refractivity contribution in [3.63, 3.8) is 0 Å². The number of likely N-dealkylation sites (N-methyl/N-ethyl adjacent to an activating group) is 1. The van der Waals surface area contributed by atoms with Gasteiger partial charge in [0.1, 0.15) is 13.2 Å². The van der Waals surface area contributed by atoms with E-state index in [1.807, 2.05) is 11.9 Å². The second-order valence-electron chi connectivity index (χ2n) is 4.70. The quantitative estimate of drug-likeness (QED) is 0.816. The summed E-state index contributed by atoms with van der Waals surface area (Å²) in [5.74, 6) is 0.978. The number of amides is 1. The number of aryl methyl sites for hydroxylation is 1. The van der Waals surface area contributed by atoms with Crippen molar-refractivity contribution < 1.29 is 14.1 Å². The number of piperidine rings is 1. The van der Waals surface area contributed by atoms with Crippen LogP contribution in [0, 0.1) is 6.92 Å². The van der Waals surface area contributed by atoms with Gasteiger partial charge in [0.15, 0.2) is 5.82 Å². The largest absolute Gasteiger partial charge is 0.362 e.